The number of hydrogen-bond donors (Lipinski definition) is 3. The molecule has 8 heteroatoms. The monoisotopic (exact) mass is 464 g/mol. The first-order valence-electron chi connectivity index (χ1n) is 11.6. The van der Waals surface area contributed by atoms with E-state index in [1.165, 1.54) is 0 Å². The van der Waals surface area contributed by atoms with Crippen molar-refractivity contribution in [1.29, 1.82) is 5.41 Å². The van der Waals surface area contributed by atoms with E-state index < -0.39 is 0 Å². The summed E-state index contributed by atoms with van der Waals surface area (Å²) >= 11 is 0. The minimum absolute atomic E-state index is 0.108. The van der Waals surface area contributed by atoms with Crippen molar-refractivity contribution in [2.24, 2.45) is 4.99 Å². The summed E-state index contributed by atoms with van der Waals surface area (Å²) in [5, 5.41) is 19.7. The van der Waals surface area contributed by atoms with Crippen LogP contribution in [0.3, 0.4) is 0 Å². The lowest BCUT2D eigenvalue weighted by molar-refractivity contribution is 0.175. The molecule has 3 N–H and O–H groups in total. The molecule has 1 aliphatic heterocycles. The van der Waals surface area contributed by atoms with E-state index in [1.807, 2.05) is 56.4 Å². The summed E-state index contributed by atoms with van der Waals surface area (Å²) < 4.78 is 17.0. The van der Waals surface area contributed by atoms with E-state index in [0.29, 0.717) is 49.3 Å². The van der Waals surface area contributed by atoms with Crippen LogP contribution in [0.4, 0.5) is 0 Å². The van der Waals surface area contributed by atoms with E-state index in [1.54, 1.807) is 7.11 Å². The highest BCUT2D eigenvalue weighted by Crippen LogP contribution is 2.30. The van der Waals surface area contributed by atoms with Crippen molar-refractivity contribution in [1.82, 2.24) is 9.88 Å². The minimum atomic E-state index is -0.271. The summed E-state index contributed by atoms with van der Waals surface area (Å²) in [5.74, 6) is 1.70. The number of aliphatic hydroxyl groups excluding tert-OH is 1. The quantitative estimate of drug-likeness (QED) is 0.346. The average molecular weight is 465 g/mol. The van der Waals surface area contributed by atoms with Gasteiger partial charge >= 0.3 is 0 Å². The lowest BCUT2D eigenvalue weighted by Crippen LogP contribution is -2.21. The SMILES string of the molecule is CCOc1ccc(/C(=N/C(=N)c2cccc3[nH]cc(CN4CC[C@H](O)C4)c23)OC)cc1OCC. The number of hydrogen-bond acceptors (Lipinski definition) is 6. The number of fused-ring (bicyclic) bond motifs is 1. The molecule has 0 saturated carbocycles. The van der Waals surface area contributed by atoms with E-state index in [0.717, 1.165) is 35.0 Å². The second-order valence-electron chi connectivity index (χ2n) is 8.22. The summed E-state index contributed by atoms with van der Waals surface area (Å²) in [6.45, 7) is 7.12. The van der Waals surface area contributed by atoms with Crippen LogP contribution in [-0.4, -0.2) is 66.2 Å². The summed E-state index contributed by atoms with van der Waals surface area (Å²) in [4.78, 5) is 10.1. The first kappa shape index (κ1) is 23.8. The largest absolute Gasteiger partial charge is 0.490 e. The Kier molecular flexibility index (Phi) is 7.49. The Morgan fingerprint density at radius 2 is 1.97 bits per heavy atom. The zero-order valence-corrected chi connectivity index (χ0v) is 19.9. The number of nitrogens with zero attached hydrogens (tertiary/aromatic N) is 2. The normalized spacial score (nSPS) is 16.7. The van der Waals surface area contributed by atoms with E-state index >= 15 is 0 Å². The fourth-order valence-corrected chi connectivity index (χ4v) is 4.35. The highest BCUT2D eigenvalue weighted by Gasteiger charge is 2.22. The molecule has 1 atom stereocenters. The Morgan fingerprint density at radius 1 is 1.18 bits per heavy atom. The third kappa shape index (κ3) is 5.08. The van der Waals surface area contributed by atoms with E-state index in [4.69, 9.17) is 19.6 Å². The molecular weight excluding hydrogens is 432 g/mol. The van der Waals surface area contributed by atoms with E-state index in [2.05, 4.69) is 14.9 Å². The lowest BCUT2D eigenvalue weighted by atomic mass is 10.0. The lowest BCUT2D eigenvalue weighted by Gasteiger charge is -2.15. The van der Waals surface area contributed by atoms with Gasteiger partial charge in [-0.3, -0.25) is 10.3 Å². The number of benzene rings is 2. The molecule has 0 aliphatic carbocycles. The predicted octanol–water partition coefficient (Wildman–Crippen LogP) is 3.95. The molecule has 1 aromatic heterocycles. The number of methoxy groups -OCH3 is 1. The summed E-state index contributed by atoms with van der Waals surface area (Å²) in [6, 6.07) is 11.3. The van der Waals surface area contributed by atoms with E-state index in [-0.39, 0.29) is 11.9 Å². The maximum Gasteiger partial charge on any atom is 0.222 e. The molecule has 1 fully saturated rings. The molecule has 1 aliphatic rings. The number of amidine groups is 1. The van der Waals surface area contributed by atoms with Crippen molar-refractivity contribution >= 4 is 22.6 Å². The van der Waals surface area contributed by atoms with Crippen molar-refractivity contribution < 1.29 is 19.3 Å². The van der Waals surface area contributed by atoms with Crippen LogP contribution >= 0.6 is 0 Å². The van der Waals surface area contributed by atoms with Crippen molar-refractivity contribution in [3.05, 3.63) is 59.3 Å². The third-order valence-corrected chi connectivity index (χ3v) is 5.88. The number of nitrogens with one attached hydrogen (secondary N) is 2. The molecule has 180 valence electrons. The van der Waals surface area contributed by atoms with Gasteiger partial charge in [0.1, 0.15) is 0 Å². The molecule has 0 radical (unpaired) electrons. The maximum atomic E-state index is 9.89. The first-order valence-corrected chi connectivity index (χ1v) is 11.6. The predicted molar refractivity (Wildman–Crippen MR) is 133 cm³/mol. The standard InChI is InChI=1S/C26H32N4O4/c1-4-33-22-10-9-17(13-23(22)34-5-2)26(32-3)29-25(27)20-7-6-8-21-24(20)18(14-28-21)15-30-12-11-19(31)16-30/h6-10,13-14,19,27-28,31H,4-5,11-12,15-16H2,1-3H3/b27-25?,29-26-/t19-/m0/s1. The Hall–Kier alpha value is -3.36. The number of aromatic amines is 1. The van der Waals surface area contributed by atoms with Crippen LogP contribution in [0.5, 0.6) is 11.5 Å². The van der Waals surface area contributed by atoms with Crippen LogP contribution in [0.2, 0.25) is 0 Å². The number of likely N-dealkylation sites (tertiary alicyclic amines) is 1. The number of β-amino-alcohol motifs (C(OH)–C–C–N with tert-alkyl or cyclic N) is 1. The zero-order valence-electron chi connectivity index (χ0n) is 19.9. The molecular formula is C26H32N4O4. The van der Waals surface area contributed by atoms with Gasteiger partial charge < -0.3 is 24.3 Å². The Labute approximate surface area is 199 Å². The molecule has 34 heavy (non-hydrogen) atoms. The van der Waals surface area contributed by atoms with Crippen LogP contribution in [-0.2, 0) is 11.3 Å². The minimum Gasteiger partial charge on any atom is -0.490 e. The van der Waals surface area contributed by atoms with Crippen molar-refractivity contribution in [2.75, 3.05) is 33.4 Å². The molecule has 3 aromatic rings. The summed E-state index contributed by atoms with van der Waals surface area (Å²) in [7, 11) is 1.55. The van der Waals surface area contributed by atoms with Gasteiger partial charge in [0.25, 0.3) is 0 Å². The number of aliphatic hydroxyl groups is 1. The van der Waals surface area contributed by atoms with Gasteiger partial charge in [-0.2, -0.15) is 4.99 Å². The van der Waals surface area contributed by atoms with Crippen molar-refractivity contribution in [3.8, 4) is 11.5 Å². The fraction of sp³-hybridized carbons (Fsp3) is 0.385. The molecule has 8 nitrogen and oxygen atoms in total. The zero-order chi connectivity index (χ0) is 24.1. The molecule has 0 spiro atoms. The Balaban J connectivity index is 1.66. The van der Waals surface area contributed by atoms with Crippen LogP contribution in [0.25, 0.3) is 10.9 Å². The second-order valence-corrected chi connectivity index (χ2v) is 8.22. The molecule has 0 bridgehead atoms. The summed E-state index contributed by atoms with van der Waals surface area (Å²) in [6.07, 6.45) is 2.50. The number of aliphatic imine (C=N–C) groups is 1. The van der Waals surface area contributed by atoms with Gasteiger partial charge in [-0.1, -0.05) is 12.1 Å². The van der Waals surface area contributed by atoms with Gasteiger partial charge in [-0.15, -0.1) is 0 Å². The van der Waals surface area contributed by atoms with Gasteiger partial charge in [0.2, 0.25) is 5.90 Å². The van der Waals surface area contributed by atoms with E-state index in [9.17, 15) is 5.11 Å². The average Bonchev–Trinajstić information content (AvgIpc) is 3.44. The number of rotatable bonds is 8. The van der Waals surface area contributed by atoms with Crippen molar-refractivity contribution in [3.63, 3.8) is 0 Å². The molecule has 0 amide bonds. The number of ether oxygens (including phenoxy) is 3. The highest BCUT2D eigenvalue weighted by molar-refractivity contribution is 6.14. The number of aromatic nitrogens is 1. The van der Waals surface area contributed by atoms with Crippen LogP contribution in [0.1, 0.15) is 37.0 Å². The summed E-state index contributed by atoms with van der Waals surface area (Å²) in [5.41, 5.74) is 3.45. The van der Waals surface area contributed by atoms with Crippen LogP contribution < -0.4 is 9.47 Å². The van der Waals surface area contributed by atoms with Crippen LogP contribution in [0, 0.1) is 5.41 Å². The van der Waals surface area contributed by atoms with Gasteiger partial charge in [0.15, 0.2) is 17.3 Å². The number of H-pyrrole nitrogens is 1. The molecule has 1 saturated heterocycles. The first-order chi connectivity index (χ1) is 16.5. The Morgan fingerprint density at radius 3 is 2.68 bits per heavy atom. The van der Waals surface area contributed by atoms with Gasteiger partial charge in [-0.05, 0) is 50.1 Å². The second kappa shape index (κ2) is 10.7. The third-order valence-electron chi connectivity index (χ3n) is 5.88. The van der Waals surface area contributed by atoms with Gasteiger partial charge in [-0.25, -0.2) is 0 Å². The van der Waals surface area contributed by atoms with Gasteiger partial charge in [0, 0.05) is 47.9 Å². The Bertz CT molecular complexity index is 1190. The molecule has 4 rings (SSSR count). The smallest absolute Gasteiger partial charge is 0.222 e. The highest BCUT2D eigenvalue weighted by atomic mass is 16.5. The topological polar surface area (TPSA) is 103 Å². The van der Waals surface area contributed by atoms with Crippen molar-refractivity contribution in [2.45, 2.75) is 32.9 Å². The van der Waals surface area contributed by atoms with Gasteiger partial charge in [0.05, 0.1) is 26.4 Å². The molecule has 0 unspecified atom stereocenters. The van der Waals surface area contributed by atoms with Crippen LogP contribution in [0.15, 0.2) is 47.6 Å². The molecule has 2 heterocycles. The maximum absolute atomic E-state index is 9.89. The fourth-order valence-electron chi connectivity index (χ4n) is 4.35. The molecule has 2 aromatic carbocycles.